The van der Waals surface area contributed by atoms with Crippen LogP contribution in [0.2, 0.25) is 0 Å². The molecule has 2 N–H and O–H groups in total. The molecule has 61 heavy (non-hydrogen) atoms. The van der Waals surface area contributed by atoms with E-state index in [0.29, 0.717) is 22.5 Å². The summed E-state index contributed by atoms with van der Waals surface area (Å²) in [6, 6.07) is 19.0. The number of rotatable bonds is 10. The zero-order valence-electron chi connectivity index (χ0n) is 31.8. The molecule has 6 aromatic rings. The molecule has 302 valence electrons. The molecular formula is C41H26F2N10O8. The number of nitro groups is 2. The van der Waals surface area contributed by atoms with Crippen LogP contribution in [-0.2, 0) is 6.42 Å². The van der Waals surface area contributed by atoms with Gasteiger partial charge in [-0.15, -0.1) is 0 Å². The molecule has 4 aromatic carbocycles. The minimum atomic E-state index is -0.987. The van der Waals surface area contributed by atoms with Crippen LogP contribution in [0, 0.1) is 81.5 Å². The first-order valence-electron chi connectivity index (χ1n) is 17.3. The number of aromatic amines is 2. The largest absolute Gasteiger partial charge is 0.448 e. The highest BCUT2D eigenvalue weighted by molar-refractivity contribution is 5.60. The summed E-state index contributed by atoms with van der Waals surface area (Å²) in [4.78, 5) is 50.6. The van der Waals surface area contributed by atoms with E-state index in [1.807, 2.05) is 12.1 Å². The molecule has 1 unspecified atom stereocenters. The van der Waals surface area contributed by atoms with E-state index < -0.39 is 50.3 Å². The predicted molar refractivity (Wildman–Crippen MR) is 211 cm³/mol. The lowest BCUT2D eigenvalue weighted by molar-refractivity contribution is -0.386. The maximum atomic E-state index is 15.4. The summed E-state index contributed by atoms with van der Waals surface area (Å²) < 4.78 is 41.4. The van der Waals surface area contributed by atoms with Crippen LogP contribution in [0.3, 0.4) is 0 Å². The zero-order chi connectivity index (χ0) is 44.5. The molecule has 0 amide bonds. The number of hydrogen-bond acceptors (Lipinski definition) is 12. The first-order chi connectivity index (χ1) is 29.1. The molecule has 0 fully saturated rings. The van der Waals surface area contributed by atoms with E-state index in [1.165, 1.54) is 60.7 Å². The average Bonchev–Trinajstić information content (AvgIpc) is 3.24. The Morgan fingerprint density at radius 3 is 1.72 bits per heavy atom. The fourth-order valence-corrected chi connectivity index (χ4v) is 5.63. The fraction of sp³-hybridized carbons (Fsp3) is 0.122. The molecule has 0 radical (unpaired) electrons. The summed E-state index contributed by atoms with van der Waals surface area (Å²) >= 11 is 0. The lowest BCUT2D eigenvalue weighted by Crippen LogP contribution is -2.15. The van der Waals surface area contributed by atoms with Gasteiger partial charge in [-0.1, -0.05) is 6.92 Å². The van der Waals surface area contributed by atoms with Crippen molar-refractivity contribution >= 4 is 22.7 Å². The van der Waals surface area contributed by atoms with Gasteiger partial charge in [0.25, 0.3) is 11.1 Å². The van der Waals surface area contributed by atoms with E-state index >= 15 is 8.78 Å². The maximum Gasteiger partial charge on any atom is 0.314 e. The quantitative estimate of drug-likeness (QED) is 0.0750. The third-order valence-electron chi connectivity index (χ3n) is 8.73. The SMILES string of the molecule is [C-]#[N+]c1cc(C#N)cc(Oc2c([N+](=O)[O-])ccc(C(C)c3cc(C)c(=O)[nH]n3)c2F)c1.[C-]#[N+]c1cc(C#N)cc(Oc2c([N+](=O)[O-])ccc(Cc3cc(C)c(=O)[nH]n3)c2F)c1. The number of aromatic nitrogens is 4. The molecule has 18 nitrogen and oxygen atoms in total. The second-order valence-electron chi connectivity index (χ2n) is 12.9. The van der Waals surface area contributed by atoms with Gasteiger partial charge < -0.3 is 9.47 Å². The minimum Gasteiger partial charge on any atom is -0.448 e. The number of nitriles is 2. The number of hydrogen-bond donors (Lipinski definition) is 2. The van der Waals surface area contributed by atoms with Crippen molar-refractivity contribution in [1.29, 1.82) is 10.5 Å². The molecule has 0 saturated heterocycles. The number of ether oxygens (including phenoxy) is 2. The Labute approximate surface area is 342 Å². The van der Waals surface area contributed by atoms with E-state index in [4.69, 9.17) is 33.1 Å². The van der Waals surface area contributed by atoms with Gasteiger partial charge in [-0.2, -0.15) is 20.7 Å². The highest BCUT2D eigenvalue weighted by Gasteiger charge is 2.28. The van der Waals surface area contributed by atoms with Gasteiger partial charge in [0.15, 0.2) is 23.0 Å². The van der Waals surface area contributed by atoms with Crippen molar-refractivity contribution in [3.63, 3.8) is 0 Å². The summed E-state index contributed by atoms with van der Waals surface area (Å²) in [7, 11) is 0. The van der Waals surface area contributed by atoms with Crippen LogP contribution in [0.1, 0.15) is 57.6 Å². The van der Waals surface area contributed by atoms with Crippen LogP contribution in [0.5, 0.6) is 23.0 Å². The Morgan fingerprint density at radius 1 is 0.754 bits per heavy atom. The molecule has 2 heterocycles. The Hall–Kier alpha value is -9.14. The van der Waals surface area contributed by atoms with Crippen molar-refractivity contribution in [2.24, 2.45) is 0 Å². The van der Waals surface area contributed by atoms with Crippen LogP contribution in [0.4, 0.5) is 31.5 Å². The van der Waals surface area contributed by atoms with E-state index in [0.717, 1.165) is 12.1 Å². The molecule has 6 rings (SSSR count). The van der Waals surface area contributed by atoms with Gasteiger partial charge in [-0.25, -0.2) is 28.7 Å². The van der Waals surface area contributed by atoms with Gasteiger partial charge >= 0.3 is 11.4 Å². The van der Waals surface area contributed by atoms with Gasteiger partial charge in [0.2, 0.25) is 11.5 Å². The maximum absolute atomic E-state index is 15.4. The first-order valence-corrected chi connectivity index (χ1v) is 17.3. The molecule has 0 aliphatic carbocycles. The number of H-pyrrole nitrogens is 2. The zero-order valence-corrected chi connectivity index (χ0v) is 31.8. The smallest absolute Gasteiger partial charge is 0.314 e. The lowest BCUT2D eigenvalue weighted by atomic mass is 9.95. The standard InChI is InChI=1S/C21H14FN5O4.C20H12FN5O4/c1-11-6-17(25-26-21(11)28)12(2)16-4-5-18(27(29)30)20(19(16)22)31-15-8-13(10-23)7-14(9-15)24-3;1-11-5-15(24-25-20(11)27)8-13-3-4-17(26(28)29)19(18(13)21)30-16-7-12(10-22)6-14(9-16)23-2/h4-9,12H,1-2H3,(H,26,28);3-7,9H,8H2,1H3,(H,25,27). The van der Waals surface area contributed by atoms with Crippen LogP contribution >= 0.6 is 0 Å². The average molecular weight is 825 g/mol. The molecular weight excluding hydrogens is 799 g/mol. The monoisotopic (exact) mass is 824 g/mol. The Balaban J connectivity index is 0.000000231. The Morgan fingerprint density at radius 2 is 1.25 bits per heavy atom. The van der Waals surface area contributed by atoms with E-state index in [1.54, 1.807) is 20.8 Å². The summed E-state index contributed by atoms with van der Waals surface area (Å²) in [6.07, 6.45) is -0.0522. The molecule has 20 heteroatoms. The topological polar surface area (TPSA) is 253 Å². The number of halogens is 2. The molecule has 1 atom stereocenters. The normalized spacial score (nSPS) is 10.7. The van der Waals surface area contributed by atoms with Crippen LogP contribution < -0.4 is 20.6 Å². The second kappa shape index (κ2) is 18.4. The molecule has 0 aliphatic rings. The number of nitrogens with zero attached hydrogens (tertiary/aromatic N) is 8. The van der Waals surface area contributed by atoms with Gasteiger partial charge in [-0.3, -0.25) is 29.8 Å². The molecule has 0 spiro atoms. The van der Waals surface area contributed by atoms with Gasteiger partial charge in [0, 0.05) is 52.3 Å². The van der Waals surface area contributed by atoms with Gasteiger partial charge in [0.1, 0.15) is 11.5 Å². The lowest BCUT2D eigenvalue weighted by Gasteiger charge is -2.15. The van der Waals surface area contributed by atoms with Crippen LogP contribution in [0.15, 0.2) is 82.4 Å². The molecule has 2 aromatic heterocycles. The first kappa shape index (κ1) is 43.0. The molecule has 0 saturated carbocycles. The number of benzene rings is 4. The highest BCUT2D eigenvalue weighted by Crippen LogP contribution is 2.41. The summed E-state index contributed by atoms with van der Waals surface area (Å²) in [5.74, 6) is -4.11. The van der Waals surface area contributed by atoms with Crippen molar-refractivity contribution in [2.45, 2.75) is 33.1 Å². The summed E-state index contributed by atoms with van der Waals surface area (Å²) in [5, 5.41) is 53.4. The number of nitro benzene ring substituents is 2. The molecule has 0 bridgehead atoms. The third-order valence-corrected chi connectivity index (χ3v) is 8.73. The van der Waals surface area contributed by atoms with Crippen LogP contribution in [-0.4, -0.2) is 30.2 Å². The van der Waals surface area contributed by atoms with Crippen molar-refractivity contribution < 1.29 is 28.1 Å². The fourth-order valence-electron chi connectivity index (χ4n) is 5.63. The van der Waals surface area contributed by atoms with Crippen molar-refractivity contribution in [3.8, 4) is 35.1 Å². The van der Waals surface area contributed by atoms with E-state index in [9.17, 15) is 29.8 Å². The van der Waals surface area contributed by atoms with Crippen LogP contribution in [0.25, 0.3) is 9.69 Å². The summed E-state index contributed by atoms with van der Waals surface area (Å²) in [6.45, 7) is 19.0. The molecule has 0 aliphatic heterocycles. The highest BCUT2D eigenvalue weighted by atomic mass is 19.1. The predicted octanol–water partition coefficient (Wildman–Crippen LogP) is 8.42. The van der Waals surface area contributed by atoms with E-state index in [2.05, 4.69) is 30.1 Å². The Kier molecular flexibility index (Phi) is 13.0. The third kappa shape index (κ3) is 9.88. The van der Waals surface area contributed by atoms with Gasteiger partial charge in [-0.05, 0) is 80.1 Å². The minimum absolute atomic E-state index is 0.0522. The van der Waals surface area contributed by atoms with Crippen molar-refractivity contribution in [2.75, 3.05) is 0 Å². The van der Waals surface area contributed by atoms with Crippen molar-refractivity contribution in [1.82, 2.24) is 20.4 Å². The van der Waals surface area contributed by atoms with Crippen molar-refractivity contribution in [3.05, 3.63) is 193 Å². The Bertz CT molecular complexity index is 2990. The number of nitrogens with one attached hydrogen (secondary N) is 2. The summed E-state index contributed by atoms with van der Waals surface area (Å²) in [5.41, 5.74) is -0.0888. The number of aryl methyl sites for hydroxylation is 2. The van der Waals surface area contributed by atoms with E-state index in [-0.39, 0.29) is 62.7 Å². The van der Waals surface area contributed by atoms with Gasteiger partial charge in [0.05, 0.1) is 46.5 Å². The second-order valence-corrected chi connectivity index (χ2v) is 12.9.